The highest BCUT2D eigenvalue weighted by atomic mass is 32.1. The number of ether oxygens (including phenoxy) is 1. The van der Waals surface area contributed by atoms with Gasteiger partial charge >= 0.3 is 5.69 Å². The number of rotatable bonds is 8. The second-order valence-electron chi connectivity index (χ2n) is 9.84. The molecule has 1 aliphatic rings. The Morgan fingerprint density at radius 3 is 2.63 bits per heavy atom. The number of H-pyrrole nitrogens is 1. The van der Waals surface area contributed by atoms with Crippen LogP contribution < -0.4 is 16.0 Å². The molecular formula is C30H30N4O3S. The summed E-state index contributed by atoms with van der Waals surface area (Å²) in [7, 11) is 1.73. The molecule has 0 spiro atoms. The molecule has 3 aromatic heterocycles. The summed E-state index contributed by atoms with van der Waals surface area (Å²) in [5.41, 5.74) is 3.70. The van der Waals surface area contributed by atoms with Crippen molar-refractivity contribution in [3.05, 3.63) is 93.1 Å². The summed E-state index contributed by atoms with van der Waals surface area (Å²) in [5, 5.41) is 0. The molecule has 0 bridgehead atoms. The van der Waals surface area contributed by atoms with Crippen LogP contribution in [0.25, 0.3) is 31.7 Å². The van der Waals surface area contributed by atoms with E-state index in [4.69, 9.17) is 9.72 Å². The Hall–Kier alpha value is -3.75. The number of benzene rings is 2. The van der Waals surface area contributed by atoms with Gasteiger partial charge in [0.2, 0.25) is 0 Å². The van der Waals surface area contributed by atoms with Crippen LogP contribution in [0.1, 0.15) is 30.7 Å². The van der Waals surface area contributed by atoms with Crippen LogP contribution in [0.5, 0.6) is 5.75 Å². The molecule has 0 radical (unpaired) electrons. The number of likely N-dealkylation sites (tertiary alicyclic amines) is 1. The number of pyridine rings is 1. The summed E-state index contributed by atoms with van der Waals surface area (Å²) in [4.78, 5) is 36.4. The van der Waals surface area contributed by atoms with E-state index in [-0.39, 0.29) is 11.2 Å². The monoisotopic (exact) mass is 526 g/mol. The molecule has 5 aromatic rings. The number of aromatic amines is 1. The second-order valence-corrected chi connectivity index (χ2v) is 10.9. The van der Waals surface area contributed by atoms with Crippen LogP contribution in [0.2, 0.25) is 0 Å². The van der Waals surface area contributed by atoms with E-state index in [0.717, 1.165) is 60.6 Å². The van der Waals surface area contributed by atoms with Crippen LogP contribution in [-0.4, -0.2) is 46.2 Å². The molecule has 1 aliphatic heterocycles. The van der Waals surface area contributed by atoms with Gasteiger partial charge in [-0.3, -0.25) is 9.36 Å². The molecule has 1 atom stereocenters. The SMILES string of the molecule is COc1ccccc1[C@@H]1CCN(CCCCn2c(=O)[nH]c3c(sc4ccc(-c5ccccc5)nc43)c2=O)C1. The first-order valence-corrected chi connectivity index (χ1v) is 13.9. The fourth-order valence-corrected chi connectivity index (χ4v) is 6.55. The fourth-order valence-electron chi connectivity index (χ4n) is 5.50. The molecular weight excluding hydrogens is 496 g/mol. The Morgan fingerprint density at radius 2 is 1.79 bits per heavy atom. The van der Waals surface area contributed by atoms with E-state index in [1.54, 1.807) is 7.11 Å². The van der Waals surface area contributed by atoms with Crippen LogP contribution in [-0.2, 0) is 6.54 Å². The summed E-state index contributed by atoms with van der Waals surface area (Å²) < 4.78 is 8.34. The van der Waals surface area contributed by atoms with E-state index in [2.05, 4.69) is 22.0 Å². The Labute approximate surface area is 224 Å². The molecule has 1 N–H and O–H groups in total. The van der Waals surface area contributed by atoms with Gasteiger partial charge in [0.25, 0.3) is 5.56 Å². The van der Waals surface area contributed by atoms with Crippen molar-refractivity contribution in [2.75, 3.05) is 26.7 Å². The predicted molar refractivity (Wildman–Crippen MR) is 153 cm³/mol. The Bertz CT molecular complexity index is 1710. The summed E-state index contributed by atoms with van der Waals surface area (Å²) in [6.45, 7) is 3.42. The van der Waals surface area contributed by atoms with Crippen molar-refractivity contribution in [2.45, 2.75) is 31.7 Å². The highest BCUT2D eigenvalue weighted by Crippen LogP contribution is 2.33. The normalized spacial score (nSPS) is 16.0. The van der Waals surface area contributed by atoms with Gasteiger partial charge in [0.05, 0.1) is 23.0 Å². The summed E-state index contributed by atoms with van der Waals surface area (Å²) in [5.74, 6) is 1.43. The molecule has 0 aliphatic carbocycles. The zero-order valence-electron chi connectivity index (χ0n) is 21.4. The topological polar surface area (TPSA) is 80.2 Å². The van der Waals surface area contributed by atoms with Crippen molar-refractivity contribution >= 4 is 31.8 Å². The minimum atomic E-state index is -0.369. The molecule has 8 heteroatoms. The first-order valence-electron chi connectivity index (χ1n) is 13.1. The number of hydrogen-bond acceptors (Lipinski definition) is 6. The first-order chi connectivity index (χ1) is 18.6. The van der Waals surface area contributed by atoms with E-state index in [1.165, 1.54) is 21.5 Å². The number of methoxy groups -OCH3 is 1. The van der Waals surface area contributed by atoms with Crippen molar-refractivity contribution < 1.29 is 4.74 Å². The third-order valence-electron chi connectivity index (χ3n) is 7.48. The van der Waals surface area contributed by atoms with Crippen LogP contribution in [0.3, 0.4) is 0 Å². The van der Waals surface area contributed by atoms with Gasteiger partial charge in [0.1, 0.15) is 16.0 Å². The van der Waals surface area contributed by atoms with Crippen LogP contribution in [0, 0.1) is 0 Å². The number of fused-ring (bicyclic) bond motifs is 3. The number of thiophene rings is 1. The molecule has 194 valence electrons. The van der Waals surface area contributed by atoms with Gasteiger partial charge in [-0.05, 0) is 56.1 Å². The van der Waals surface area contributed by atoms with Gasteiger partial charge in [-0.1, -0.05) is 48.5 Å². The number of para-hydroxylation sites is 1. The molecule has 1 fully saturated rings. The predicted octanol–water partition coefficient (Wildman–Crippen LogP) is 5.24. The van der Waals surface area contributed by atoms with E-state index >= 15 is 0 Å². The lowest BCUT2D eigenvalue weighted by Crippen LogP contribution is -2.34. The molecule has 4 heterocycles. The summed E-state index contributed by atoms with van der Waals surface area (Å²) in [6.07, 6.45) is 2.81. The number of aromatic nitrogens is 3. The van der Waals surface area contributed by atoms with Gasteiger partial charge in [-0.15, -0.1) is 11.3 Å². The number of nitrogens with one attached hydrogen (secondary N) is 1. The number of nitrogens with zero attached hydrogens (tertiary/aromatic N) is 3. The van der Waals surface area contributed by atoms with Crippen molar-refractivity contribution in [2.24, 2.45) is 0 Å². The minimum absolute atomic E-state index is 0.231. The van der Waals surface area contributed by atoms with Crippen LogP contribution in [0.4, 0.5) is 0 Å². The largest absolute Gasteiger partial charge is 0.496 e. The zero-order valence-corrected chi connectivity index (χ0v) is 22.2. The van der Waals surface area contributed by atoms with Crippen LogP contribution in [0.15, 0.2) is 76.3 Å². The highest BCUT2D eigenvalue weighted by molar-refractivity contribution is 7.25. The number of hydrogen-bond donors (Lipinski definition) is 1. The third kappa shape index (κ3) is 4.66. The maximum atomic E-state index is 13.3. The lowest BCUT2D eigenvalue weighted by Gasteiger charge is -2.17. The molecule has 0 unspecified atom stereocenters. The van der Waals surface area contributed by atoms with Crippen LogP contribution >= 0.6 is 11.3 Å². The molecule has 6 rings (SSSR count). The second kappa shape index (κ2) is 10.6. The Morgan fingerprint density at radius 1 is 1.00 bits per heavy atom. The quantitative estimate of drug-likeness (QED) is 0.280. The molecule has 38 heavy (non-hydrogen) atoms. The standard InChI is InChI=1S/C30H30N4O3S/c1-37-24-12-6-5-11-22(24)21-15-18-33(19-21)16-7-8-17-34-29(35)28-27(32-30(34)36)26-25(38-28)14-13-23(31-26)20-9-3-2-4-10-20/h2-6,9-14,21H,7-8,15-19H2,1H3,(H,32,36)/t21-/m1/s1. The molecule has 1 saturated heterocycles. The number of unbranched alkanes of at least 4 members (excludes halogenated alkanes) is 1. The van der Waals surface area contributed by atoms with Gasteiger partial charge in [-0.2, -0.15) is 0 Å². The van der Waals surface area contributed by atoms with Gasteiger partial charge in [0, 0.05) is 24.6 Å². The average Bonchev–Trinajstić information content (AvgIpc) is 3.57. The Balaban J connectivity index is 1.14. The van der Waals surface area contributed by atoms with Gasteiger partial charge < -0.3 is 14.6 Å². The average molecular weight is 527 g/mol. The van der Waals surface area contributed by atoms with Gasteiger partial charge in [0.15, 0.2) is 0 Å². The Kier molecular flexibility index (Phi) is 6.82. The summed E-state index contributed by atoms with van der Waals surface area (Å²) >= 11 is 1.39. The van der Waals surface area contributed by atoms with E-state index < -0.39 is 0 Å². The first kappa shape index (κ1) is 24.6. The molecule has 7 nitrogen and oxygen atoms in total. The minimum Gasteiger partial charge on any atom is -0.496 e. The fraction of sp³-hybridized carbons (Fsp3) is 0.300. The molecule has 0 amide bonds. The third-order valence-corrected chi connectivity index (χ3v) is 8.61. The van der Waals surface area contributed by atoms with Gasteiger partial charge in [-0.25, -0.2) is 9.78 Å². The van der Waals surface area contributed by atoms with E-state index in [0.29, 0.717) is 28.2 Å². The zero-order chi connectivity index (χ0) is 26.1. The molecule has 0 saturated carbocycles. The van der Waals surface area contributed by atoms with Crippen molar-refractivity contribution in [1.82, 2.24) is 19.4 Å². The summed E-state index contributed by atoms with van der Waals surface area (Å²) in [6, 6.07) is 22.1. The van der Waals surface area contributed by atoms with E-state index in [9.17, 15) is 9.59 Å². The smallest absolute Gasteiger partial charge is 0.328 e. The van der Waals surface area contributed by atoms with Crippen molar-refractivity contribution in [3.63, 3.8) is 0 Å². The van der Waals surface area contributed by atoms with Crippen molar-refractivity contribution in [3.8, 4) is 17.0 Å². The van der Waals surface area contributed by atoms with E-state index in [1.807, 2.05) is 54.6 Å². The maximum Gasteiger partial charge on any atom is 0.328 e. The maximum absolute atomic E-state index is 13.3. The lowest BCUT2D eigenvalue weighted by atomic mass is 9.97. The molecule has 2 aromatic carbocycles. The highest BCUT2D eigenvalue weighted by Gasteiger charge is 2.25. The van der Waals surface area contributed by atoms with Crippen molar-refractivity contribution in [1.29, 1.82) is 0 Å². The lowest BCUT2D eigenvalue weighted by molar-refractivity contribution is 0.320.